The highest BCUT2D eigenvalue weighted by Crippen LogP contribution is 2.29. The normalized spacial score (nSPS) is 14.6. The molecule has 0 aliphatic carbocycles. The lowest BCUT2D eigenvalue weighted by atomic mass is 10.2. The Kier molecular flexibility index (Phi) is 5.39. The third-order valence-electron chi connectivity index (χ3n) is 3.91. The second-order valence-corrected chi connectivity index (χ2v) is 6.78. The molecule has 7 heteroatoms. The number of benzene rings is 1. The monoisotopic (exact) mass is 382 g/mol. The molecule has 1 aliphatic heterocycles. The molecular formula is C17H17Cl3N4. The minimum absolute atomic E-state index is 0.641. The number of hydrogen-bond donors (Lipinski definition) is 1. The van der Waals surface area contributed by atoms with E-state index in [1.807, 2.05) is 12.1 Å². The number of aromatic nitrogens is 1. The zero-order chi connectivity index (χ0) is 17.1. The topological polar surface area (TPSA) is 31.4 Å². The highest BCUT2D eigenvalue weighted by molar-refractivity contribution is 6.36. The highest BCUT2D eigenvalue weighted by atomic mass is 35.5. The molecule has 1 aromatic heterocycles. The lowest BCUT2D eigenvalue weighted by Gasteiger charge is -2.38. The molecule has 0 unspecified atom stereocenters. The highest BCUT2D eigenvalue weighted by Gasteiger charge is 2.20. The number of anilines is 2. The molecule has 0 amide bonds. The number of halogens is 3. The van der Waals surface area contributed by atoms with Crippen molar-refractivity contribution in [2.24, 2.45) is 0 Å². The summed E-state index contributed by atoms with van der Waals surface area (Å²) >= 11 is 18.2. The fraction of sp³-hybridized carbons (Fsp3) is 0.235. The average Bonchev–Trinajstić information content (AvgIpc) is 2.55. The smallest absolute Gasteiger partial charge is 0.132 e. The lowest BCUT2D eigenvalue weighted by Crippen LogP contribution is -2.46. The van der Waals surface area contributed by atoms with Crippen LogP contribution in [0.4, 0.5) is 11.5 Å². The Labute approximate surface area is 156 Å². The van der Waals surface area contributed by atoms with Gasteiger partial charge in [0, 0.05) is 42.4 Å². The van der Waals surface area contributed by atoms with Crippen molar-refractivity contribution >= 4 is 46.3 Å². The van der Waals surface area contributed by atoms with Crippen LogP contribution in [0.5, 0.6) is 0 Å². The van der Waals surface area contributed by atoms with E-state index in [0.29, 0.717) is 20.9 Å². The molecule has 2 aromatic rings. The van der Waals surface area contributed by atoms with Gasteiger partial charge in [-0.25, -0.2) is 4.98 Å². The van der Waals surface area contributed by atoms with Crippen molar-refractivity contribution in [3.05, 3.63) is 64.0 Å². The lowest BCUT2D eigenvalue weighted by molar-refractivity contribution is 0.326. The summed E-state index contributed by atoms with van der Waals surface area (Å²) in [5, 5.41) is 5.17. The number of nitrogens with zero attached hydrogens (tertiary/aromatic N) is 3. The first-order valence-electron chi connectivity index (χ1n) is 7.55. The molecule has 4 nitrogen and oxygen atoms in total. The van der Waals surface area contributed by atoms with E-state index >= 15 is 0 Å². The molecule has 126 valence electrons. The standard InChI is InChI=1S/C17H17Cl3N4/c1-12(22-17-11-14(19)4-5-21-17)23-6-8-24(9-7-23)16-3-2-13(18)10-15(16)20/h2-5,10-11H,1,6-9H2,(H,21,22). The van der Waals surface area contributed by atoms with Crippen LogP contribution in [-0.2, 0) is 0 Å². The minimum Gasteiger partial charge on any atom is -0.367 e. The van der Waals surface area contributed by atoms with E-state index in [0.717, 1.165) is 37.7 Å². The Balaban J connectivity index is 1.59. The summed E-state index contributed by atoms with van der Waals surface area (Å²) in [6.45, 7) is 7.48. The molecule has 1 fully saturated rings. The maximum atomic E-state index is 6.29. The zero-order valence-electron chi connectivity index (χ0n) is 13.0. The molecule has 0 spiro atoms. The summed E-state index contributed by atoms with van der Waals surface area (Å²) in [6.07, 6.45) is 1.67. The van der Waals surface area contributed by atoms with E-state index in [-0.39, 0.29) is 0 Å². The van der Waals surface area contributed by atoms with Crippen LogP contribution in [0.2, 0.25) is 15.1 Å². The van der Waals surface area contributed by atoms with Gasteiger partial charge in [-0.1, -0.05) is 41.4 Å². The summed E-state index contributed by atoms with van der Waals surface area (Å²) in [5.74, 6) is 1.50. The summed E-state index contributed by atoms with van der Waals surface area (Å²) in [6, 6.07) is 9.11. The second kappa shape index (κ2) is 7.51. The van der Waals surface area contributed by atoms with E-state index in [2.05, 4.69) is 26.7 Å². The van der Waals surface area contributed by atoms with Gasteiger partial charge in [-0.2, -0.15) is 0 Å². The molecule has 1 aromatic carbocycles. The van der Waals surface area contributed by atoms with Crippen molar-refractivity contribution < 1.29 is 0 Å². The summed E-state index contributed by atoms with van der Waals surface area (Å²) in [7, 11) is 0. The molecule has 0 radical (unpaired) electrons. The second-order valence-electron chi connectivity index (χ2n) is 5.50. The predicted molar refractivity (Wildman–Crippen MR) is 102 cm³/mol. The number of piperazine rings is 1. The quantitative estimate of drug-likeness (QED) is 0.826. The molecule has 24 heavy (non-hydrogen) atoms. The molecule has 1 saturated heterocycles. The third-order valence-corrected chi connectivity index (χ3v) is 4.68. The maximum absolute atomic E-state index is 6.29. The van der Waals surface area contributed by atoms with E-state index in [9.17, 15) is 0 Å². The van der Waals surface area contributed by atoms with E-state index in [1.54, 1.807) is 24.4 Å². The first kappa shape index (κ1) is 17.2. The van der Waals surface area contributed by atoms with E-state index in [1.165, 1.54) is 0 Å². The minimum atomic E-state index is 0.641. The van der Waals surface area contributed by atoms with Crippen LogP contribution in [0.1, 0.15) is 0 Å². The van der Waals surface area contributed by atoms with Crippen LogP contribution in [0, 0.1) is 0 Å². The van der Waals surface area contributed by atoms with Crippen LogP contribution in [0.25, 0.3) is 0 Å². The van der Waals surface area contributed by atoms with E-state index in [4.69, 9.17) is 34.8 Å². The average molecular weight is 384 g/mol. The van der Waals surface area contributed by atoms with Gasteiger partial charge in [-0.3, -0.25) is 0 Å². The van der Waals surface area contributed by atoms with Crippen molar-refractivity contribution in [1.29, 1.82) is 0 Å². The summed E-state index contributed by atoms with van der Waals surface area (Å²) in [5.41, 5.74) is 1.01. The summed E-state index contributed by atoms with van der Waals surface area (Å²) < 4.78 is 0. The van der Waals surface area contributed by atoms with Crippen molar-refractivity contribution in [3.8, 4) is 0 Å². The maximum Gasteiger partial charge on any atom is 0.132 e. The molecule has 0 atom stereocenters. The number of rotatable bonds is 4. The molecule has 1 N–H and O–H groups in total. The molecule has 3 rings (SSSR count). The Hall–Kier alpha value is -1.62. The van der Waals surface area contributed by atoms with Gasteiger partial charge in [-0.15, -0.1) is 0 Å². The van der Waals surface area contributed by atoms with Crippen LogP contribution >= 0.6 is 34.8 Å². The van der Waals surface area contributed by atoms with Gasteiger partial charge in [-0.05, 0) is 30.3 Å². The molecule has 0 bridgehead atoms. The Morgan fingerprint density at radius 2 is 1.71 bits per heavy atom. The Morgan fingerprint density at radius 1 is 1.00 bits per heavy atom. The van der Waals surface area contributed by atoms with Gasteiger partial charge in [0.15, 0.2) is 0 Å². The van der Waals surface area contributed by atoms with Gasteiger partial charge < -0.3 is 15.1 Å². The zero-order valence-corrected chi connectivity index (χ0v) is 15.2. The molecule has 1 aliphatic rings. The van der Waals surface area contributed by atoms with Gasteiger partial charge >= 0.3 is 0 Å². The fourth-order valence-corrected chi connectivity index (χ4v) is 3.34. The van der Waals surface area contributed by atoms with Gasteiger partial charge in [0.25, 0.3) is 0 Å². The van der Waals surface area contributed by atoms with E-state index < -0.39 is 0 Å². The van der Waals surface area contributed by atoms with Crippen molar-refractivity contribution in [1.82, 2.24) is 9.88 Å². The fourth-order valence-electron chi connectivity index (χ4n) is 2.66. The number of nitrogens with one attached hydrogen (secondary N) is 1. The largest absolute Gasteiger partial charge is 0.367 e. The van der Waals surface area contributed by atoms with Crippen LogP contribution < -0.4 is 10.2 Å². The van der Waals surface area contributed by atoms with Gasteiger partial charge in [0.2, 0.25) is 0 Å². The molecule has 0 saturated carbocycles. The van der Waals surface area contributed by atoms with Crippen LogP contribution in [-0.4, -0.2) is 36.1 Å². The third kappa shape index (κ3) is 4.07. The van der Waals surface area contributed by atoms with Crippen molar-refractivity contribution in [3.63, 3.8) is 0 Å². The van der Waals surface area contributed by atoms with Gasteiger partial charge in [0.1, 0.15) is 5.82 Å². The van der Waals surface area contributed by atoms with Gasteiger partial charge in [0.05, 0.1) is 16.5 Å². The number of pyridine rings is 1. The first-order valence-corrected chi connectivity index (χ1v) is 8.69. The SMILES string of the molecule is C=C(Nc1cc(Cl)ccn1)N1CCN(c2ccc(Cl)cc2Cl)CC1. The van der Waals surface area contributed by atoms with Crippen LogP contribution in [0.15, 0.2) is 48.9 Å². The first-order chi connectivity index (χ1) is 11.5. The Morgan fingerprint density at radius 3 is 2.38 bits per heavy atom. The summed E-state index contributed by atoms with van der Waals surface area (Å²) in [4.78, 5) is 8.67. The van der Waals surface area contributed by atoms with Crippen LogP contribution in [0.3, 0.4) is 0 Å². The Bertz CT molecular complexity index is 742. The predicted octanol–water partition coefficient (Wildman–Crippen LogP) is 4.75. The molecular weight excluding hydrogens is 367 g/mol. The van der Waals surface area contributed by atoms with Crippen molar-refractivity contribution in [2.75, 3.05) is 36.4 Å². The molecule has 2 heterocycles. The van der Waals surface area contributed by atoms with Crippen molar-refractivity contribution in [2.45, 2.75) is 0 Å². The number of hydrogen-bond acceptors (Lipinski definition) is 4.